The van der Waals surface area contributed by atoms with Crippen LogP contribution in [0.25, 0.3) is 11.0 Å². The van der Waals surface area contributed by atoms with Gasteiger partial charge in [0, 0.05) is 36.8 Å². The standard InChI is InChI=1S/C27H31N7O5/c1-17-14-18-15-19(7-9-22(18)39-17)28-27(30-25(37)20-8-10-23(35)32-31-20)29-21-6-2-3-13-34(26(21)38)16-24(36)33-11-4-5-12-33/h7-10,14-15,21H,2-6,11-13,16H2,1H3,(H,32,35)(H2,28,29,30,37). The predicted molar refractivity (Wildman–Crippen MR) is 144 cm³/mol. The molecule has 2 aliphatic heterocycles. The van der Waals surface area contributed by atoms with Crippen molar-refractivity contribution < 1.29 is 18.8 Å². The summed E-state index contributed by atoms with van der Waals surface area (Å²) in [6.07, 6.45) is 3.95. The molecule has 3 N–H and O–H groups in total. The number of aliphatic imine (C=N–C) groups is 1. The van der Waals surface area contributed by atoms with Gasteiger partial charge in [0.2, 0.25) is 17.8 Å². The van der Waals surface area contributed by atoms with Gasteiger partial charge in [-0.2, -0.15) is 5.10 Å². The van der Waals surface area contributed by atoms with Crippen LogP contribution in [-0.2, 0) is 9.59 Å². The first kappa shape index (κ1) is 26.1. The van der Waals surface area contributed by atoms with E-state index in [4.69, 9.17) is 4.42 Å². The zero-order chi connectivity index (χ0) is 27.4. The van der Waals surface area contributed by atoms with Crippen LogP contribution in [0.5, 0.6) is 0 Å². The van der Waals surface area contributed by atoms with Crippen LogP contribution in [0.1, 0.15) is 48.4 Å². The molecule has 1 atom stereocenters. The molecule has 3 amide bonds. The van der Waals surface area contributed by atoms with Crippen molar-refractivity contribution in [3.63, 3.8) is 0 Å². The molecule has 4 heterocycles. The first-order chi connectivity index (χ1) is 18.9. The molecule has 5 rings (SSSR count). The van der Waals surface area contributed by atoms with Gasteiger partial charge in [0.25, 0.3) is 11.5 Å². The molecule has 1 unspecified atom stereocenters. The van der Waals surface area contributed by atoms with Gasteiger partial charge in [0.15, 0.2) is 0 Å². The highest BCUT2D eigenvalue weighted by Gasteiger charge is 2.30. The lowest BCUT2D eigenvalue weighted by atomic mass is 10.1. The van der Waals surface area contributed by atoms with E-state index in [1.54, 1.807) is 21.9 Å². The van der Waals surface area contributed by atoms with E-state index in [0.29, 0.717) is 18.7 Å². The molecule has 3 aromatic rings. The fraction of sp³-hybridized carbons (Fsp3) is 0.407. The third-order valence-electron chi connectivity index (χ3n) is 6.87. The van der Waals surface area contributed by atoms with Gasteiger partial charge in [-0.3, -0.25) is 24.5 Å². The lowest BCUT2D eigenvalue weighted by Crippen LogP contribution is -2.45. The number of H-pyrrole nitrogens is 1. The van der Waals surface area contributed by atoms with E-state index in [1.165, 1.54) is 12.1 Å². The highest BCUT2D eigenvalue weighted by atomic mass is 16.3. The molecule has 1 aromatic carbocycles. The first-order valence-electron chi connectivity index (χ1n) is 13.1. The molecule has 0 saturated carbocycles. The SMILES string of the molecule is Cc1cc2cc(NC(=NC3CCCCN(CC(=O)N4CCCC4)C3=O)NC(=O)c3ccc(=O)[nH]n3)ccc2o1. The van der Waals surface area contributed by atoms with Crippen molar-refractivity contribution in [3.05, 3.63) is 58.2 Å². The van der Waals surface area contributed by atoms with E-state index < -0.39 is 17.5 Å². The number of fused-ring (bicyclic) bond motifs is 1. The average Bonchev–Trinajstić information content (AvgIpc) is 3.55. The zero-order valence-electron chi connectivity index (χ0n) is 21.7. The maximum Gasteiger partial charge on any atom is 0.278 e. The number of guanidine groups is 1. The van der Waals surface area contributed by atoms with Crippen LogP contribution in [0.4, 0.5) is 5.69 Å². The number of carbonyl (C=O) groups excluding carboxylic acids is 3. The molecule has 0 radical (unpaired) electrons. The summed E-state index contributed by atoms with van der Waals surface area (Å²) in [4.78, 5) is 58.6. The quantitative estimate of drug-likeness (QED) is 0.335. The number of amides is 3. The molecule has 39 heavy (non-hydrogen) atoms. The molecule has 204 valence electrons. The van der Waals surface area contributed by atoms with E-state index >= 15 is 0 Å². The number of nitrogens with zero attached hydrogens (tertiary/aromatic N) is 4. The summed E-state index contributed by atoms with van der Waals surface area (Å²) >= 11 is 0. The summed E-state index contributed by atoms with van der Waals surface area (Å²) < 4.78 is 5.64. The number of aromatic amines is 1. The van der Waals surface area contributed by atoms with Gasteiger partial charge >= 0.3 is 0 Å². The highest BCUT2D eigenvalue weighted by molar-refractivity contribution is 6.10. The Morgan fingerprint density at radius 3 is 2.64 bits per heavy atom. The largest absolute Gasteiger partial charge is 0.461 e. The van der Waals surface area contributed by atoms with Gasteiger partial charge < -0.3 is 19.5 Å². The van der Waals surface area contributed by atoms with Gasteiger partial charge in [-0.25, -0.2) is 10.1 Å². The van der Waals surface area contributed by atoms with E-state index in [2.05, 4.69) is 25.8 Å². The van der Waals surface area contributed by atoms with Crippen molar-refractivity contribution in [2.24, 2.45) is 4.99 Å². The number of anilines is 1. The third kappa shape index (κ3) is 6.33. The van der Waals surface area contributed by atoms with Crippen LogP contribution >= 0.6 is 0 Å². The zero-order valence-corrected chi connectivity index (χ0v) is 21.7. The van der Waals surface area contributed by atoms with Gasteiger partial charge in [-0.15, -0.1) is 0 Å². The van der Waals surface area contributed by atoms with Gasteiger partial charge in [0.05, 0.1) is 6.54 Å². The summed E-state index contributed by atoms with van der Waals surface area (Å²) in [5.41, 5.74) is 0.888. The number of aryl methyl sites for hydroxylation is 1. The molecule has 0 bridgehead atoms. The van der Waals surface area contributed by atoms with Gasteiger partial charge in [0.1, 0.15) is 23.1 Å². The number of carbonyl (C=O) groups is 3. The minimum absolute atomic E-state index is 0.0185. The Labute approximate surface area is 224 Å². The van der Waals surface area contributed by atoms with E-state index in [9.17, 15) is 19.2 Å². The molecule has 2 saturated heterocycles. The van der Waals surface area contributed by atoms with E-state index in [1.807, 2.05) is 19.1 Å². The molecule has 12 heteroatoms. The molecule has 0 aliphatic carbocycles. The second kappa shape index (κ2) is 11.5. The van der Waals surface area contributed by atoms with Crippen molar-refractivity contribution >= 4 is 40.3 Å². The lowest BCUT2D eigenvalue weighted by Gasteiger charge is -2.25. The highest BCUT2D eigenvalue weighted by Crippen LogP contribution is 2.23. The molecule has 2 aliphatic rings. The van der Waals surface area contributed by atoms with Crippen molar-refractivity contribution in [3.8, 4) is 0 Å². The number of benzene rings is 1. The lowest BCUT2D eigenvalue weighted by molar-refractivity contribution is -0.140. The third-order valence-corrected chi connectivity index (χ3v) is 6.87. The van der Waals surface area contributed by atoms with Crippen LogP contribution in [0, 0.1) is 6.92 Å². The minimum Gasteiger partial charge on any atom is -0.461 e. The van der Waals surface area contributed by atoms with Crippen molar-refractivity contribution in [1.29, 1.82) is 0 Å². The maximum atomic E-state index is 13.5. The molecule has 12 nitrogen and oxygen atoms in total. The normalized spacial score (nSPS) is 18.3. The Kier molecular flexibility index (Phi) is 7.71. The van der Waals surface area contributed by atoms with Gasteiger partial charge in [-0.1, -0.05) is 0 Å². The summed E-state index contributed by atoms with van der Waals surface area (Å²) in [7, 11) is 0. The van der Waals surface area contributed by atoms with E-state index in [0.717, 1.165) is 55.5 Å². The molecule has 2 aromatic heterocycles. The second-order valence-corrected chi connectivity index (χ2v) is 9.83. The van der Waals surface area contributed by atoms with Gasteiger partial charge in [-0.05, 0) is 69.4 Å². The minimum atomic E-state index is -0.787. The van der Waals surface area contributed by atoms with Crippen LogP contribution in [0.3, 0.4) is 0 Å². The Hall–Kier alpha value is -4.48. The van der Waals surface area contributed by atoms with Crippen LogP contribution < -0.4 is 16.2 Å². The smallest absolute Gasteiger partial charge is 0.278 e. The fourth-order valence-electron chi connectivity index (χ4n) is 4.88. The predicted octanol–water partition coefficient (Wildman–Crippen LogP) is 2.03. The number of hydrogen-bond acceptors (Lipinski definition) is 7. The number of nitrogens with one attached hydrogen (secondary N) is 3. The van der Waals surface area contributed by atoms with Crippen LogP contribution in [0.15, 0.2) is 50.6 Å². The average molecular weight is 534 g/mol. The number of furan rings is 1. The first-order valence-corrected chi connectivity index (χ1v) is 13.1. The summed E-state index contributed by atoms with van der Waals surface area (Å²) in [6.45, 7) is 3.81. The molecular weight excluding hydrogens is 502 g/mol. The number of likely N-dealkylation sites (tertiary alicyclic amines) is 2. The van der Waals surface area contributed by atoms with Crippen molar-refractivity contribution in [2.75, 3.05) is 31.5 Å². The molecule has 0 spiro atoms. The van der Waals surface area contributed by atoms with Crippen LogP contribution in [-0.4, -0.2) is 75.9 Å². The summed E-state index contributed by atoms with van der Waals surface area (Å²) in [5.74, 6) is -0.0960. The summed E-state index contributed by atoms with van der Waals surface area (Å²) in [5, 5.41) is 12.7. The Morgan fingerprint density at radius 1 is 1.08 bits per heavy atom. The number of hydrogen-bond donors (Lipinski definition) is 3. The number of aromatic nitrogens is 2. The second-order valence-electron chi connectivity index (χ2n) is 9.83. The Bertz CT molecular complexity index is 1450. The Balaban J connectivity index is 1.40. The van der Waals surface area contributed by atoms with Crippen molar-refractivity contribution in [2.45, 2.75) is 45.1 Å². The maximum absolute atomic E-state index is 13.5. The topological polar surface area (TPSA) is 153 Å². The molecule has 2 fully saturated rings. The number of rotatable bonds is 5. The van der Waals surface area contributed by atoms with Crippen molar-refractivity contribution in [1.82, 2.24) is 25.3 Å². The van der Waals surface area contributed by atoms with Crippen LogP contribution in [0.2, 0.25) is 0 Å². The summed E-state index contributed by atoms with van der Waals surface area (Å²) in [6, 6.07) is 9.04. The van der Waals surface area contributed by atoms with E-state index in [-0.39, 0.29) is 30.0 Å². The fourth-order valence-corrected chi connectivity index (χ4v) is 4.88. The Morgan fingerprint density at radius 2 is 1.87 bits per heavy atom. The monoisotopic (exact) mass is 533 g/mol. The molecular formula is C27H31N7O5.